The summed E-state index contributed by atoms with van der Waals surface area (Å²) >= 11 is 0. The number of aromatic amines is 1. The van der Waals surface area contributed by atoms with Gasteiger partial charge in [-0.05, 0) is 49.2 Å². The molecule has 0 radical (unpaired) electrons. The number of fused-ring (bicyclic) bond motifs is 1. The molecule has 0 saturated carbocycles. The van der Waals surface area contributed by atoms with Crippen LogP contribution >= 0.6 is 0 Å². The fourth-order valence-electron chi connectivity index (χ4n) is 2.63. The average Bonchev–Trinajstić information content (AvgIpc) is 2.97. The molecule has 0 aliphatic rings. The SMILES string of the molecule is CC(NC(=O)NCCc1c[nH]c2cc(F)ccc12)c1ccccn1. The minimum absolute atomic E-state index is 0.165. The first-order valence-electron chi connectivity index (χ1n) is 7.84. The standard InChI is InChI=1S/C18H19FN4O/c1-12(16-4-2-3-8-20-16)23-18(24)21-9-7-13-11-22-17-10-14(19)5-6-15(13)17/h2-6,8,10-12,22H,7,9H2,1H3,(H2,21,23,24). The molecular formula is C18H19FN4O. The zero-order valence-electron chi connectivity index (χ0n) is 13.3. The number of pyridine rings is 1. The summed E-state index contributed by atoms with van der Waals surface area (Å²) in [5.74, 6) is -0.267. The number of carbonyl (C=O) groups is 1. The molecule has 3 N–H and O–H groups in total. The maximum atomic E-state index is 13.2. The Kier molecular flexibility index (Phi) is 4.74. The number of nitrogens with zero attached hydrogens (tertiary/aromatic N) is 1. The number of nitrogens with one attached hydrogen (secondary N) is 3. The number of benzene rings is 1. The second kappa shape index (κ2) is 7.12. The summed E-state index contributed by atoms with van der Waals surface area (Å²) in [6, 6.07) is 9.85. The molecule has 2 heterocycles. The van der Waals surface area contributed by atoms with Gasteiger partial charge in [-0.1, -0.05) is 6.07 Å². The van der Waals surface area contributed by atoms with E-state index in [4.69, 9.17) is 0 Å². The van der Waals surface area contributed by atoms with Crippen LogP contribution in [0.5, 0.6) is 0 Å². The smallest absolute Gasteiger partial charge is 0.315 e. The van der Waals surface area contributed by atoms with E-state index in [1.807, 2.05) is 31.3 Å². The van der Waals surface area contributed by atoms with Crippen molar-refractivity contribution < 1.29 is 9.18 Å². The lowest BCUT2D eigenvalue weighted by Crippen LogP contribution is -2.38. The molecule has 2 amide bonds. The van der Waals surface area contributed by atoms with Crippen LogP contribution in [0, 0.1) is 5.82 Å². The highest BCUT2D eigenvalue weighted by Gasteiger charge is 2.10. The second-order valence-electron chi connectivity index (χ2n) is 5.63. The van der Waals surface area contributed by atoms with Crippen molar-refractivity contribution in [1.82, 2.24) is 20.6 Å². The number of urea groups is 1. The topological polar surface area (TPSA) is 69.8 Å². The van der Waals surface area contributed by atoms with Crippen molar-refractivity contribution in [3.05, 3.63) is 65.9 Å². The summed E-state index contributed by atoms with van der Waals surface area (Å²) in [7, 11) is 0. The Morgan fingerprint density at radius 2 is 2.21 bits per heavy atom. The zero-order valence-corrected chi connectivity index (χ0v) is 13.3. The number of H-pyrrole nitrogens is 1. The molecule has 1 atom stereocenters. The number of hydrogen-bond donors (Lipinski definition) is 3. The molecule has 0 aliphatic heterocycles. The summed E-state index contributed by atoms with van der Waals surface area (Å²) in [4.78, 5) is 19.2. The third-order valence-corrected chi connectivity index (χ3v) is 3.89. The number of aromatic nitrogens is 2. The minimum Gasteiger partial charge on any atom is -0.361 e. The van der Waals surface area contributed by atoms with E-state index in [9.17, 15) is 9.18 Å². The van der Waals surface area contributed by atoms with Crippen LogP contribution in [0.3, 0.4) is 0 Å². The van der Waals surface area contributed by atoms with Crippen molar-refractivity contribution in [2.75, 3.05) is 6.54 Å². The third-order valence-electron chi connectivity index (χ3n) is 3.89. The fourth-order valence-corrected chi connectivity index (χ4v) is 2.63. The molecule has 124 valence electrons. The first kappa shape index (κ1) is 16.0. The lowest BCUT2D eigenvalue weighted by atomic mass is 10.1. The van der Waals surface area contributed by atoms with E-state index in [1.54, 1.807) is 12.3 Å². The Labute approximate surface area is 139 Å². The number of carbonyl (C=O) groups excluding carboxylic acids is 1. The Hall–Kier alpha value is -2.89. The fraction of sp³-hybridized carbons (Fsp3) is 0.222. The van der Waals surface area contributed by atoms with Crippen molar-refractivity contribution >= 4 is 16.9 Å². The van der Waals surface area contributed by atoms with E-state index in [0.717, 1.165) is 22.2 Å². The van der Waals surface area contributed by atoms with Crippen molar-refractivity contribution in [3.63, 3.8) is 0 Å². The van der Waals surface area contributed by atoms with E-state index in [0.29, 0.717) is 13.0 Å². The van der Waals surface area contributed by atoms with Crippen LogP contribution in [0.25, 0.3) is 10.9 Å². The van der Waals surface area contributed by atoms with Crippen LogP contribution in [-0.4, -0.2) is 22.5 Å². The third kappa shape index (κ3) is 3.71. The van der Waals surface area contributed by atoms with Gasteiger partial charge in [0.25, 0.3) is 0 Å². The molecule has 6 heteroatoms. The van der Waals surface area contributed by atoms with Gasteiger partial charge in [-0.2, -0.15) is 0 Å². The van der Waals surface area contributed by atoms with Gasteiger partial charge in [-0.3, -0.25) is 4.98 Å². The molecule has 2 aromatic heterocycles. The number of amides is 2. The largest absolute Gasteiger partial charge is 0.361 e. The van der Waals surface area contributed by atoms with E-state index < -0.39 is 0 Å². The molecule has 0 fully saturated rings. The highest BCUT2D eigenvalue weighted by molar-refractivity contribution is 5.83. The van der Waals surface area contributed by atoms with Gasteiger partial charge in [0.15, 0.2) is 0 Å². The molecule has 0 aliphatic carbocycles. The van der Waals surface area contributed by atoms with Crippen LogP contribution in [0.15, 0.2) is 48.8 Å². The molecule has 5 nitrogen and oxygen atoms in total. The number of hydrogen-bond acceptors (Lipinski definition) is 2. The van der Waals surface area contributed by atoms with Gasteiger partial charge < -0.3 is 15.6 Å². The summed E-state index contributed by atoms with van der Waals surface area (Å²) < 4.78 is 13.2. The van der Waals surface area contributed by atoms with E-state index in [-0.39, 0.29) is 17.9 Å². The molecule has 0 bridgehead atoms. The van der Waals surface area contributed by atoms with E-state index >= 15 is 0 Å². The summed E-state index contributed by atoms with van der Waals surface area (Å²) in [6.07, 6.45) is 4.21. The molecule has 1 aromatic carbocycles. The van der Waals surface area contributed by atoms with Gasteiger partial charge in [0.2, 0.25) is 0 Å². The Balaban J connectivity index is 1.51. The minimum atomic E-state index is -0.267. The molecule has 24 heavy (non-hydrogen) atoms. The van der Waals surface area contributed by atoms with Gasteiger partial charge in [0, 0.05) is 29.8 Å². The van der Waals surface area contributed by atoms with Crippen LogP contribution in [0.2, 0.25) is 0 Å². The first-order valence-corrected chi connectivity index (χ1v) is 7.84. The van der Waals surface area contributed by atoms with Crippen molar-refractivity contribution in [1.29, 1.82) is 0 Å². The average molecular weight is 326 g/mol. The predicted molar refractivity (Wildman–Crippen MR) is 91.1 cm³/mol. The molecular weight excluding hydrogens is 307 g/mol. The van der Waals surface area contributed by atoms with Crippen LogP contribution < -0.4 is 10.6 Å². The molecule has 3 rings (SSSR count). The quantitative estimate of drug-likeness (QED) is 0.673. The van der Waals surface area contributed by atoms with Crippen molar-refractivity contribution in [2.24, 2.45) is 0 Å². The predicted octanol–water partition coefficient (Wildman–Crippen LogP) is 3.30. The maximum absolute atomic E-state index is 13.2. The van der Waals surface area contributed by atoms with Gasteiger partial charge in [-0.25, -0.2) is 9.18 Å². The van der Waals surface area contributed by atoms with Gasteiger partial charge in [0.1, 0.15) is 5.82 Å². The van der Waals surface area contributed by atoms with Crippen LogP contribution in [0.1, 0.15) is 24.2 Å². The van der Waals surface area contributed by atoms with Gasteiger partial charge >= 0.3 is 6.03 Å². The molecule has 3 aromatic rings. The maximum Gasteiger partial charge on any atom is 0.315 e. The second-order valence-corrected chi connectivity index (χ2v) is 5.63. The lowest BCUT2D eigenvalue weighted by molar-refractivity contribution is 0.238. The molecule has 0 spiro atoms. The molecule has 0 saturated heterocycles. The highest BCUT2D eigenvalue weighted by Crippen LogP contribution is 2.19. The van der Waals surface area contributed by atoms with Crippen molar-refractivity contribution in [2.45, 2.75) is 19.4 Å². The normalized spacial score (nSPS) is 12.1. The first-order chi connectivity index (χ1) is 11.6. The highest BCUT2D eigenvalue weighted by atomic mass is 19.1. The van der Waals surface area contributed by atoms with Crippen LogP contribution in [0.4, 0.5) is 9.18 Å². The summed E-state index contributed by atoms with van der Waals surface area (Å²) in [6.45, 7) is 2.38. The van der Waals surface area contributed by atoms with Gasteiger partial charge in [0.05, 0.1) is 11.7 Å². The van der Waals surface area contributed by atoms with E-state index in [2.05, 4.69) is 20.6 Å². The zero-order chi connectivity index (χ0) is 16.9. The Morgan fingerprint density at radius 3 is 3.00 bits per heavy atom. The van der Waals surface area contributed by atoms with Gasteiger partial charge in [-0.15, -0.1) is 0 Å². The Bertz CT molecular complexity index is 831. The monoisotopic (exact) mass is 326 g/mol. The van der Waals surface area contributed by atoms with Crippen molar-refractivity contribution in [3.8, 4) is 0 Å². The summed E-state index contributed by atoms with van der Waals surface area (Å²) in [5, 5.41) is 6.66. The van der Waals surface area contributed by atoms with E-state index in [1.165, 1.54) is 12.1 Å². The lowest BCUT2D eigenvalue weighted by Gasteiger charge is -2.14. The summed E-state index contributed by atoms with van der Waals surface area (Å²) in [5.41, 5.74) is 2.62. The van der Waals surface area contributed by atoms with Crippen LogP contribution in [-0.2, 0) is 6.42 Å². The molecule has 1 unspecified atom stereocenters. The number of halogens is 1. The number of rotatable bonds is 5. The Morgan fingerprint density at radius 1 is 1.33 bits per heavy atom.